The van der Waals surface area contributed by atoms with Gasteiger partial charge in [0.25, 0.3) is 0 Å². The minimum absolute atomic E-state index is 0.143. The van der Waals surface area contributed by atoms with Crippen LogP contribution in [0.2, 0.25) is 0 Å². The smallest absolute Gasteiger partial charge is 0.241 e. The van der Waals surface area contributed by atoms with Gasteiger partial charge in [-0.2, -0.15) is 0 Å². The van der Waals surface area contributed by atoms with Crippen LogP contribution in [-0.4, -0.2) is 58.7 Å². The van der Waals surface area contributed by atoms with Crippen molar-refractivity contribution in [3.05, 3.63) is 35.9 Å². The van der Waals surface area contributed by atoms with Gasteiger partial charge in [0.05, 0.1) is 6.67 Å². The number of amides is 1. The number of hydrogen-bond acceptors (Lipinski definition) is 4. The lowest BCUT2D eigenvalue weighted by Gasteiger charge is -2.50. The fourth-order valence-corrected chi connectivity index (χ4v) is 5.77. The van der Waals surface area contributed by atoms with Gasteiger partial charge in [0.2, 0.25) is 5.91 Å². The highest BCUT2D eigenvalue weighted by molar-refractivity contribution is 5.88. The highest BCUT2D eigenvalue weighted by Gasteiger charge is 2.52. The van der Waals surface area contributed by atoms with Gasteiger partial charge in [-0.05, 0) is 43.6 Å². The van der Waals surface area contributed by atoms with Crippen molar-refractivity contribution in [2.45, 2.75) is 76.0 Å². The van der Waals surface area contributed by atoms with E-state index in [1.807, 2.05) is 18.2 Å². The predicted octanol–water partition coefficient (Wildman–Crippen LogP) is 3.09. The van der Waals surface area contributed by atoms with E-state index in [9.17, 15) is 9.90 Å². The van der Waals surface area contributed by atoms with Crippen LogP contribution in [0.15, 0.2) is 30.3 Å². The van der Waals surface area contributed by atoms with Gasteiger partial charge in [0, 0.05) is 25.7 Å². The first-order valence-corrected chi connectivity index (χ1v) is 11.5. The largest absolute Gasteiger partial charge is 0.384 e. The molecule has 2 N–H and O–H groups in total. The Morgan fingerprint density at radius 3 is 2.55 bits per heavy atom. The Kier molecular flexibility index (Phi) is 6.01. The molecule has 2 saturated heterocycles. The lowest BCUT2D eigenvalue weighted by molar-refractivity contribution is -0.132. The zero-order chi connectivity index (χ0) is 20.5. The van der Waals surface area contributed by atoms with Crippen molar-refractivity contribution in [1.29, 1.82) is 0 Å². The molecule has 29 heavy (non-hydrogen) atoms. The van der Waals surface area contributed by atoms with Crippen LogP contribution >= 0.6 is 0 Å². The van der Waals surface area contributed by atoms with Gasteiger partial charge < -0.3 is 10.4 Å². The van der Waals surface area contributed by atoms with E-state index in [1.165, 1.54) is 6.42 Å². The predicted molar refractivity (Wildman–Crippen MR) is 115 cm³/mol. The number of likely N-dealkylation sites (tertiary alicyclic amines) is 1. The Labute approximate surface area is 175 Å². The number of aliphatic hydroxyl groups is 1. The van der Waals surface area contributed by atoms with Crippen LogP contribution in [0.25, 0.3) is 0 Å². The molecule has 3 fully saturated rings. The number of carbonyl (C=O) groups is 1. The molecule has 2 heterocycles. The molecule has 5 nitrogen and oxygen atoms in total. The van der Waals surface area contributed by atoms with Crippen molar-refractivity contribution in [3.8, 4) is 0 Å². The van der Waals surface area contributed by atoms with Crippen LogP contribution in [0.4, 0.5) is 0 Å². The van der Waals surface area contributed by atoms with Crippen molar-refractivity contribution in [1.82, 2.24) is 15.1 Å². The molecule has 1 amide bonds. The van der Waals surface area contributed by atoms with E-state index in [4.69, 9.17) is 0 Å². The summed E-state index contributed by atoms with van der Waals surface area (Å²) >= 11 is 0. The van der Waals surface area contributed by atoms with Crippen LogP contribution in [0.5, 0.6) is 0 Å². The summed E-state index contributed by atoms with van der Waals surface area (Å²) in [6.45, 7) is 7.91. The summed E-state index contributed by atoms with van der Waals surface area (Å²) < 4.78 is 0. The maximum Gasteiger partial charge on any atom is 0.241 e. The number of hydrogen-bond donors (Lipinski definition) is 2. The molecule has 2 aliphatic heterocycles. The summed E-state index contributed by atoms with van der Waals surface area (Å²) in [4.78, 5) is 17.7. The molecule has 1 aromatic rings. The number of piperidine rings is 1. The molecule has 4 rings (SSSR count). The van der Waals surface area contributed by atoms with Crippen LogP contribution in [0, 0.1) is 5.92 Å². The third-order valence-electron chi connectivity index (χ3n) is 7.61. The van der Waals surface area contributed by atoms with Gasteiger partial charge >= 0.3 is 0 Å². The zero-order valence-electron chi connectivity index (χ0n) is 18.1. The highest BCUT2D eigenvalue weighted by atomic mass is 16.3. The van der Waals surface area contributed by atoms with Crippen LogP contribution in [0.1, 0.15) is 64.4 Å². The summed E-state index contributed by atoms with van der Waals surface area (Å²) in [7, 11) is 0. The minimum Gasteiger partial charge on any atom is -0.384 e. The first-order valence-electron chi connectivity index (χ1n) is 11.5. The third-order valence-corrected chi connectivity index (χ3v) is 7.61. The molecule has 1 spiro atoms. The third kappa shape index (κ3) is 3.85. The van der Waals surface area contributed by atoms with E-state index in [0.717, 1.165) is 63.7 Å². The number of nitrogens with one attached hydrogen (secondary N) is 1. The maximum atomic E-state index is 12.8. The molecule has 3 aliphatic rings. The lowest BCUT2D eigenvalue weighted by atomic mass is 9.73. The van der Waals surface area contributed by atoms with Gasteiger partial charge in [-0.1, -0.05) is 57.0 Å². The molecular weight excluding hydrogens is 362 g/mol. The molecule has 0 unspecified atom stereocenters. The van der Waals surface area contributed by atoms with Crippen LogP contribution in [0.3, 0.4) is 0 Å². The van der Waals surface area contributed by atoms with Gasteiger partial charge in [0.1, 0.15) is 11.1 Å². The zero-order valence-corrected chi connectivity index (χ0v) is 18.1. The maximum absolute atomic E-state index is 12.8. The van der Waals surface area contributed by atoms with E-state index >= 15 is 0 Å². The van der Waals surface area contributed by atoms with Gasteiger partial charge in [-0.15, -0.1) is 0 Å². The summed E-state index contributed by atoms with van der Waals surface area (Å²) in [5, 5.41) is 14.8. The van der Waals surface area contributed by atoms with Crippen LogP contribution < -0.4 is 5.32 Å². The van der Waals surface area contributed by atoms with E-state index in [-0.39, 0.29) is 17.5 Å². The lowest BCUT2D eigenvalue weighted by Crippen LogP contribution is -2.61. The van der Waals surface area contributed by atoms with E-state index in [1.54, 1.807) is 0 Å². The number of rotatable bonds is 5. The molecule has 0 bridgehead atoms. The first kappa shape index (κ1) is 20.8. The minimum atomic E-state index is -0.778. The quantitative estimate of drug-likeness (QED) is 0.799. The normalized spacial score (nSPS) is 30.8. The fraction of sp³-hybridized carbons (Fsp3) is 0.708. The molecule has 160 valence electrons. The van der Waals surface area contributed by atoms with Crippen molar-refractivity contribution in [2.75, 3.05) is 26.3 Å². The second kappa shape index (κ2) is 8.37. The Bertz CT molecular complexity index is 699. The molecule has 2 atom stereocenters. The Morgan fingerprint density at radius 2 is 1.86 bits per heavy atom. The molecule has 1 aliphatic carbocycles. The SMILES string of the molecule is CC(C)CCN1CNC(=O)C12CCN([C@@H]1CCCC[C@]1(O)c1ccccc1)CC2. The molecular formula is C24H37N3O2. The van der Waals surface area contributed by atoms with Crippen molar-refractivity contribution in [2.24, 2.45) is 5.92 Å². The average Bonchev–Trinajstić information content (AvgIpc) is 3.03. The standard InChI is InChI=1S/C24H37N3O2/c1-19(2)11-15-27-18-25-22(28)23(27)13-16-26(17-14-23)21-10-6-7-12-24(21,29)20-8-4-3-5-9-20/h3-5,8-9,19,21,29H,6-7,10-18H2,1-2H3,(H,25,28)/t21-,24+/m1/s1. The molecule has 5 heteroatoms. The second-order valence-corrected chi connectivity index (χ2v) is 9.73. The van der Waals surface area contributed by atoms with Gasteiger partial charge in [-0.3, -0.25) is 14.6 Å². The first-order chi connectivity index (χ1) is 14.0. The van der Waals surface area contributed by atoms with Gasteiger partial charge in [0.15, 0.2) is 0 Å². The Morgan fingerprint density at radius 1 is 1.14 bits per heavy atom. The fourth-order valence-electron chi connectivity index (χ4n) is 5.77. The number of carbonyl (C=O) groups excluding carboxylic acids is 1. The number of nitrogens with zero attached hydrogens (tertiary/aromatic N) is 2. The molecule has 0 aromatic heterocycles. The summed E-state index contributed by atoms with van der Waals surface area (Å²) in [5.41, 5.74) is -0.0772. The molecule has 1 aromatic carbocycles. The summed E-state index contributed by atoms with van der Waals surface area (Å²) in [6.07, 6.45) is 6.94. The summed E-state index contributed by atoms with van der Waals surface area (Å²) in [5.74, 6) is 0.855. The summed E-state index contributed by atoms with van der Waals surface area (Å²) in [6, 6.07) is 10.4. The number of benzene rings is 1. The van der Waals surface area contributed by atoms with Crippen molar-refractivity contribution >= 4 is 5.91 Å². The topological polar surface area (TPSA) is 55.8 Å². The van der Waals surface area contributed by atoms with E-state index < -0.39 is 5.60 Å². The Balaban J connectivity index is 1.49. The van der Waals surface area contributed by atoms with Crippen LogP contribution in [-0.2, 0) is 10.4 Å². The van der Waals surface area contributed by atoms with E-state index in [0.29, 0.717) is 12.6 Å². The molecule has 0 radical (unpaired) electrons. The van der Waals surface area contributed by atoms with Crippen molar-refractivity contribution in [3.63, 3.8) is 0 Å². The van der Waals surface area contributed by atoms with E-state index in [2.05, 4.69) is 41.1 Å². The Hall–Kier alpha value is -1.43. The van der Waals surface area contributed by atoms with Crippen molar-refractivity contribution < 1.29 is 9.90 Å². The highest BCUT2D eigenvalue weighted by Crippen LogP contribution is 2.42. The average molecular weight is 400 g/mol. The van der Waals surface area contributed by atoms with Gasteiger partial charge in [-0.25, -0.2) is 0 Å². The monoisotopic (exact) mass is 399 g/mol. The second-order valence-electron chi connectivity index (χ2n) is 9.73. The molecule has 1 saturated carbocycles.